The van der Waals surface area contributed by atoms with Crippen LogP contribution in [0.5, 0.6) is 0 Å². The highest BCUT2D eigenvalue weighted by Gasteiger charge is 2.19. The molecule has 1 aliphatic heterocycles. The summed E-state index contributed by atoms with van der Waals surface area (Å²) in [5.41, 5.74) is -0.0353. The van der Waals surface area contributed by atoms with Gasteiger partial charge >= 0.3 is 0 Å². The lowest BCUT2D eigenvalue weighted by atomic mass is 9.98. The van der Waals surface area contributed by atoms with E-state index < -0.39 is 0 Å². The molecule has 2 rings (SSSR count). The highest BCUT2D eigenvalue weighted by Crippen LogP contribution is 2.24. The van der Waals surface area contributed by atoms with E-state index >= 15 is 0 Å². The molecule has 1 saturated heterocycles. The number of halogens is 1. The predicted octanol–water partition coefficient (Wildman–Crippen LogP) is 2.39. The Hall–Kier alpha value is -0.590. The van der Waals surface area contributed by atoms with Crippen molar-refractivity contribution in [2.45, 2.75) is 32.6 Å². The van der Waals surface area contributed by atoms with Gasteiger partial charge in [0, 0.05) is 13.1 Å². The molecule has 0 spiro atoms. The molecule has 5 heteroatoms. The molecule has 1 fully saturated rings. The van der Waals surface area contributed by atoms with Crippen LogP contribution in [-0.2, 0) is 0 Å². The van der Waals surface area contributed by atoms with Crippen molar-refractivity contribution in [3.05, 3.63) is 20.3 Å². The zero-order valence-electron chi connectivity index (χ0n) is 10.1. The number of hydrogen-bond donors (Lipinski definition) is 1. The molecule has 0 aromatic carbocycles. The summed E-state index contributed by atoms with van der Waals surface area (Å²) in [5.74, 6) is 1.69. The van der Waals surface area contributed by atoms with Gasteiger partial charge < -0.3 is 9.88 Å². The van der Waals surface area contributed by atoms with Crippen molar-refractivity contribution in [2.24, 2.45) is 5.92 Å². The van der Waals surface area contributed by atoms with Gasteiger partial charge in [0.25, 0.3) is 5.56 Å². The van der Waals surface area contributed by atoms with Gasteiger partial charge in [0.1, 0.15) is 9.39 Å². The first-order chi connectivity index (χ1) is 8.22. The van der Waals surface area contributed by atoms with Gasteiger partial charge in [-0.05, 0) is 47.8 Å². The number of nitrogens with one attached hydrogen (secondary N) is 1. The maximum atomic E-state index is 11.6. The van der Waals surface area contributed by atoms with E-state index in [2.05, 4.69) is 44.4 Å². The summed E-state index contributed by atoms with van der Waals surface area (Å²) in [7, 11) is 0. The molecule has 0 radical (unpaired) electrons. The first-order valence-electron chi connectivity index (χ1n) is 6.20. The van der Waals surface area contributed by atoms with Gasteiger partial charge in [-0.3, -0.25) is 4.79 Å². The highest BCUT2D eigenvalue weighted by molar-refractivity contribution is 14.1. The number of hydrogen-bond acceptors (Lipinski definition) is 3. The Balaban J connectivity index is 2.17. The third kappa shape index (κ3) is 3.00. The zero-order chi connectivity index (χ0) is 12.3. The maximum absolute atomic E-state index is 11.6. The van der Waals surface area contributed by atoms with Gasteiger partial charge in [-0.15, -0.1) is 0 Å². The zero-order valence-corrected chi connectivity index (χ0v) is 12.2. The minimum atomic E-state index is -0.0353. The fourth-order valence-electron chi connectivity index (χ4n) is 2.38. The van der Waals surface area contributed by atoms with Gasteiger partial charge in [0.2, 0.25) is 0 Å². The van der Waals surface area contributed by atoms with Gasteiger partial charge in [-0.25, -0.2) is 4.98 Å². The van der Waals surface area contributed by atoms with Gasteiger partial charge in [-0.2, -0.15) is 0 Å². The lowest BCUT2D eigenvalue weighted by molar-refractivity contribution is 0.459. The Kier molecular flexibility index (Phi) is 4.42. The average Bonchev–Trinajstić information content (AvgIpc) is 2.58. The number of anilines is 1. The summed E-state index contributed by atoms with van der Waals surface area (Å²) in [6.45, 7) is 4.30. The Morgan fingerprint density at radius 2 is 2.35 bits per heavy atom. The lowest BCUT2D eigenvalue weighted by Gasteiger charge is -2.22. The molecule has 1 atom stereocenters. The fraction of sp³-hybridized carbons (Fsp3) is 0.667. The Bertz CT molecular complexity index is 432. The monoisotopic (exact) mass is 347 g/mol. The van der Waals surface area contributed by atoms with Crippen LogP contribution < -0.4 is 10.5 Å². The standard InChI is InChI=1S/C12H18IN3O/c1-2-9-4-3-6-16(7-5-9)11-10(13)12(17)15-8-14-11/h8-9H,2-7H2,1H3,(H,14,15,17). The topological polar surface area (TPSA) is 49.0 Å². The molecule has 0 bridgehead atoms. The van der Waals surface area contributed by atoms with Crippen LogP contribution >= 0.6 is 22.6 Å². The van der Waals surface area contributed by atoms with Crippen LogP contribution in [0.2, 0.25) is 0 Å². The normalized spacial score (nSPS) is 21.3. The summed E-state index contributed by atoms with van der Waals surface area (Å²) in [6.07, 6.45) is 6.46. The molecule has 0 amide bonds. The molecule has 2 heterocycles. The van der Waals surface area contributed by atoms with Gasteiger partial charge in [0.15, 0.2) is 0 Å². The third-order valence-electron chi connectivity index (χ3n) is 3.50. The molecule has 1 N–H and O–H groups in total. The van der Waals surface area contributed by atoms with Crippen molar-refractivity contribution in [3.63, 3.8) is 0 Å². The van der Waals surface area contributed by atoms with E-state index in [-0.39, 0.29) is 5.56 Å². The van der Waals surface area contributed by atoms with E-state index in [1.807, 2.05) is 0 Å². The van der Waals surface area contributed by atoms with E-state index in [9.17, 15) is 4.79 Å². The summed E-state index contributed by atoms with van der Waals surface area (Å²) in [6, 6.07) is 0. The van der Waals surface area contributed by atoms with Crippen LogP contribution in [0.15, 0.2) is 11.1 Å². The van der Waals surface area contributed by atoms with Gasteiger partial charge in [-0.1, -0.05) is 13.3 Å². The molecule has 17 heavy (non-hydrogen) atoms. The predicted molar refractivity (Wildman–Crippen MR) is 77.4 cm³/mol. The van der Waals surface area contributed by atoms with Crippen molar-refractivity contribution >= 4 is 28.4 Å². The van der Waals surface area contributed by atoms with Crippen molar-refractivity contribution in [1.82, 2.24) is 9.97 Å². The Morgan fingerprint density at radius 3 is 3.12 bits per heavy atom. The Labute approximate surface area is 115 Å². The summed E-state index contributed by atoms with van der Waals surface area (Å²) in [5, 5.41) is 0. The SMILES string of the molecule is CCC1CCCN(c2nc[nH]c(=O)c2I)CC1. The van der Waals surface area contributed by atoms with E-state index in [0.29, 0.717) is 3.57 Å². The minimum absolute atomic E-state index is 0.0353. The number of rotatable bonds is 2. The number of aromatic amines is 1. The molecule has 1 aromatic rings. The highest BCUT2D eigenvalue weighted by atomic mass is 127. The van der Waals surface area contributed by atoms with Crippen molar-refractivity contribution < 1.29 is 0 Å². The van der Waals surface area contributed by atoms with E-state index in [0.717, 1.165) is 24.8 Å². The van der Waals surface area contributed by atoms with Crippen LogP contribution in [0.25, 0.3) is 0 Å². The molecule has 1 aromatic heterocycles. The fourth-order valence-corrected chi connectivity index (χ4v) is 3.02. The molecule has 94 valence electrons. The second-order valence-electron chi connectivity index (χ2n) is 4.56. The summed E-state index contributed by atoms with van der Waals surface area (Å²) in [4.78, 5) is 20.7. The second kappa shape index (κ2) is 5.84. The summed E-state index contributed by atoms with van der Waals surface area (Å²) < 4.78 is 0.708. The average molecular weight is 347 g/mol. The smallest absolute Gasteiger partial charge is 0.266 e. The van der Waals surface area contributed by atoms with Gasteiger partial charge in [0.05, 0.1) is 6.33 Å². The quantitative estimate of drug-likeness (QED) is 0.836. The van der Waals surface area contributed by atoms with Crippen LogP contribution in [0.4, 0.5) is 5.82 Å². The van der Waals surface area contributed by atoms with Crippen LogP contribution in [0.3, 0.4) is 0 Å². The molecule has 1 aliphatic rings. The number of aromatic nitrogens is 2. The summed E-state index contributed by atoms with van der Waals surface area (Å²) >= 11 is 2.09. The lowest BCUT2D eigenvalue weighted by Crippen LogP contribution is -2.28. The molecular formula is C12H18IN3O. The van der Waals surface area contributed by atoms with Crippen molar-refractivity contribution in [3.8, 4) is 0 Å². The first-order valence-corrected chi connectivity index (χ1v) is 7.28. The van der Waals surface area contributed by atoms with E-state index in [4.69, 9.17) is 0 Å². The largest absolute Gasteiger partial charge is 0.356 e. The molecule has 4 nitrogen and oxygen atoms in total. The molecule has 0 aliphatic carbocycles. The van der Waals surface area contributed by atoms with E-state index in [1.165, 1.54) is 32.0 Å². The maximum Gasteiger partial charge on any atom is 0.266 e. The molecule has 1 unspecified atom stereocenters. The first kappa shape index (κ1) is 12.9. The van der Waals surface area contributed by atoms with Crippen LogP contribution in [0, 0.1) is 9.49 Å². The van der Waals surface area contributed by atoms with E-state index in [1.54, 1.807) is 0 Å². The number of nitrogens with zero attached hydrogens (tertiary/aromatic N) is 2. The van der Waals surface area contributed by atoms with Crippen molar-refractivity contribution in [1.29, 1.82) is 0 Å². The molecular weight excluding hydrogens is 329 g/mol. The minimum Gasteiger partial charge on any atom is -0.356 e. The van der Waals surface area contributed by atoms with Crippen LogP contribution in [0.1, 0.15) is 32.6 Å². The van der Waals surface area contributed by atoms with Crippen molar-refractivity contribution in [2.75, 3.05) is 18.0 Å². The third-order valence-corrected chi connectivity index (χ3v) is 4.48. The molecule has 0 saturated carbocycles. The Morgan fingerprint density at radius 1 is 1.53 bits per heavy atom. The second-order valence-corrected chi connectivity index (χ2v) is 5.64. The number of H-pyrrole nitrogens is 1. The van der Waals surface area contributed by atoms with Crippen LogP contribution in [-0.4, -0.2) is 23.1 Å².